The number of carboxylic acid groups (broad SMARTS) is 2. The lowest BCUT2D eigenvalue weighted by atomic mass is 10.2. The maximum Gasteiger partial charge on any atom is 0.341 e. The Bertz CT molecular complexity index is 936. The predicted octanol–water partition coefficient (Wildman–Crippen LogP) is 1.70. The molecule has 0 atom stereocenters. The molecule has 0 aromatic carbocycles. The van der Waals surface area contributed by atoms with E-state index in [0.717, 1.165) is 12.2 Å². The minimum absolute atomic E-state index is 0.0324. The monoisotopic (exact) mass is 478 g/mol. The summed E-state index contributed by atoms with van der Waals surface area (Å²) in [6.45, 7) is 8.68. The van der Waals surface area contributed by atoms with E-state index in [1.807, 2.05) is 0 Å². The number of Topliss-reactive ketones (excluding diaryl/α,β-unsaturated/α-hetero) is 2. The van der Waals surface area contributed by atoms with Crippen LogP contribution in [0.3, 0.4) is 0 Å². The van der Waals surface area contributed by atoms with Crippen LogP contribution >= 0.6 is 0 Å². The summed E-state index contributed by atoms with van der Waals surface area (Å²) >= 11 is 0. The summed E-state index contributed by atoms with van der Waals surface area (Å²) in [5.41, 5.74) is 1.30. The highest BCUT2D eigenvalue weighted by Crippen LogP contribution is 2.08. The molecule has 0 saturated carbocycles. The zero-order valence-corrected chi connectivity index (χ0v) is 19.6. The molecule has 1 aliphatic carbocycles. The zero-order valence-electron chi connectivity index (χ0n) is 19.6. The summed E-state index contributed by atoms with van der Waals surface area (Å²) in [5.74, 6) is -3.77. The van der Waals surface area contributed by atoms with E-state index in [1.165, 1.54) is 46.8 Å². The van der Waals surface area contributed by atoms with E-state index in [-0.39, 0.29) is 40.7 Å². The molecule has 2 rings (SSSR count). The van der Waals surface area contributed by atoms with Gasteiger partial charge in [0, 0.05) is 23.3 Å². The van der Waals surface area contributed by atoms with E-state index in [0.29, 0.717) is 11.1 Å². The first kappa shape index (κ1) is 31.9. The normalized spacial score (nSPS) is 14.8. The Hall–Kier alpha value is -4.28. The predicted molar refractivity (Wildman–Crippen MR) is 117 cm³/mol. The van der Waals surface area contributed by atoms with Crippen LogP contribution in [-0.2, 0) is 43.1 Å². The van der Waals surface area contributed by atoms with Crippen molar-refractivity contribution in [2.75, 3.05) is 0 Å². The maximum absolute atomic E-state index is 10.5. The average Bonchev–Trinajstić information content (AvgIpc) is 3.13. The number of esters is 2. The molecular weight excluding hydrogens is 452 g/mol. The van der Waals surface area contributed by atoms with E-state index < -0.39 is 23.9 Å². The quantitative estimate of drug-likeness (QED) is 0.340. The number of ether oxygens (including phenoxy) is 1. The molecule has 0 amide bonds. The van der Waals surface area contributed by atoms with E-state index in [2.05, 4.69) is 4.74 Å². The number of ketones is 4. The SMILES string of the molecule is CC(=O)/C(C)=C\C(=O)O.CC(=O)/C=C(/C)C(=O)O.CC1=CC(=O)CC1=O.CC1=CC(=O)OC1=O. The summed E-state index contributed by atoms with van der Waals surface area (Å²) in [6.07, 6.45) is 4.63. The molecule has 0 saturated heterocycles. The molecule has 0 aromatic heterocycles. The van der Waals surface area contributed by atoms with Gasteiger partial charge in [-0.05, 0) is 64.8 Å². The smallest absolute Gasteiger partial charge is 0.341 e. The highest BCUT2D eigenvalue weighted by Gasteiger charge is 2.18. The van der Waals surface area contributed by atoms with Crippen LogP contribution in [0.2, 0.25) is 0 Å². The number of hydrogen-bond donors (Lipinski definition) is 2. The van der Waals surface area contributed by atoms with Crippen LogP contribution in [0.25, 0.3) is 0 Å². The summed E-state index contributed by atoms with van der Waals surface area (Å²) in [6, 6.07) is 0. The van der Waals surface area contributed by atoms with Crippen LogP contribution in [0.1, 0.15) is 48.0 Å². The van der Waals surface area contributed by atoms with E-state index >= 15 is 0 Å². The Morgan fingerprint density at radius 2 is 1.35 bits per heavy atom. The highest BCUT2D eigenvalue weighted by molar-refractivity contribution is 6.18. The number of aliphatic carboxylic acids is 2. The van der Waals surface area contributed by atoms with Crippen molar-refractivity contribution in [2.24, 2.45) is 0 Å². The van der Waals surface area contributed by atoms with Gasteiger partial charge in [-0.25, -0.2) is 19.2 Å². The summed E-state index contributed by atoms with van der Waals surface area (Å²) in [4.78, 5) is 81.7. The van der Waals surface area contributed by atoms with Gasteiger partial charge < -0.3 is 14.9 Å². The van der Waals surface area contributed by atoms with Crippen molar-refractivity contribution in [1.82, 2.24) is 0 Å². The molecule has 184 valence electrons. The van der Waals surface area contributed by atoms with Crippen molar-refractivity contribution in [1.29, 1.82) is 0 Å². The van der Waals surface area contributed by atoms with Crippen LogP contribution < -0.4 is 0 Å². The number of cyclic esters (lactones) is 2. The van der Waals surface area contributed by atoms with Gasteiger partial charge in [0.05, 0.1) is 6.42 Å². The molecule has 11 heteroatoms. The van der Waals surface area contributed by atoms with Crippen LogP contribution in [-0.4, -0.2) is 57.2 Å². The summed E-state index contributed by atoms with van der Waals surface area (Å²) in [5, 5.41) is 16.3. The second-order valence-electron chi connectivity index (χ2n) is 6.89. The lowest BCUT2D eigenvalue weighted by Crippen LogP contribution is -1.99. The minimum atomic E-state index is -1.08. The Labute approximate surface area is 195 Å². The summed E-state index contributed by atoms with van der Waals surface area (Å²) < 4.78 is 4.10. The fourth-order valence-corrected chi connectivity index (χ4v) is 1.76. The Morgan fingerprint density at radius 1 is 0.824 bits per heavy atom. The first-order chi connectivity index (χ1) is 15.5. The molecule has 2 aliphatic rings. The molecule has 0 spiro atoms. The van der Waals surface area contributed by atoms with E-state index in [9.17, 15) is 38.4 Å². The Morgan fingerprint density at radius 3 is 1.47 bits per heavy atom. The van der Waals surface area contributed by atoms with Crippen LogP contribution in [0.15, 0.2) is 46.6 Å². The number of allylic oxidation sites excluding steroid dienone is 4. The third-order valence-electron chi connectivity index (χ3n) is 3.65. The number of rotatable bonds is 4. The standard InChI is InChI=1S/2C6H8O3.C6H6O2.C5H4O3/c1-4(5(2)7)3-6(8)9;1-4(6(8)9)3-5(2)7;1-4-2-5(7)3-6(4)8;1-3-2-4(6)8-5(3)7/h2*3H,1-2H3,(H,8,9);2H,3H2,1H3;2H,1H3/b2*4-3-;;. The van der Waals surface area contributed by atoms with Crippen molar-refractivity contribution < 1.29 is 53.3 Å². The Balaban J connectivity index is 0. The molecule has 34 heavy (non-hydrogen) atoms. The second kappa shape index (κ2) is 15.5. The molecule has 0 aromatic rings. The van der Waals surface area contributed by atoms with Crippen molar-refractivity contribution in [3.63, 3.8) is 0 Å². The van der Waals surface area contributed by atoms with E-state index in [1.54, 1.807) is 6.92 Å². The fraction of sp³-hybridized carbons (Fsp3) is 0.304. The molecule has 0 unspecified atom stereocenters. The molecular formula is C23H26O11. The van der Waals surface area contributed by atoms with Crippen LogP contribution in [0.5, 0.6) is 0 Å². The first-order valence-electron chi connectivity index (χ1n) is 9.50. The van der Waals surface area contributed by atoms with Gasteiger partial charge in [-0.1, -0.05) is 0 Å². The minimum Gasteiger partial charge on any atom is -0.478 e. The van der Waals surface area contributed by atoms with Gasteiger partial charge in [-0.3, -0.25) is 19.2 Å². The van der Waals surface area contributed by atoms with Crippen molar-refractivity contribution in [3.8, 4) is 0 Å². The third-order valence-corrected chi connectivity index (χ3v) is 3.65. The molecule has 0 fully saturated rings. The van der Waals surface area contributed by atoms with Crippen molar-refractivity contribution >= 4 is 47.0 Å². The molecule has 1 aliphatic heterocycles. The van der Waals surface area contributed by atoms with E-state index in [4.69, 9.17) is 10.2 Å². The van der Waals surface area contributed by atoms with Crippen LogP contribution in [0.4, 0.5) is 0 Å². The van der Waals surface area contributed by atoms with Gasteiger partial charge in [0.25, 0.3) is 0 Å². The number of carboxylic acids is 2. The number of hydrogen-bond acceptors (Lipinski definition) is 9. The molecule has 0 radical (unpaired) electrons. The van der Waals surface area contributed by atoms with Gasteiger partial charge in [-0.15, -0.1) is 0 Å². The molecule has 2 N–H and O–H groups in total. The number of carbonyl (C=O) groups is 8. The topological polar surface area (TPSA) is 186 Å². The average molecular weight is 478 g/mol. The third kappa shape index (κ3) is 15.5. The maximum atomic E-state index is 10.5. The van der Waals surface area contributed by atoms with Crippen molar-refractivity contribution in [2.45, 2.75) is 48.0 Å². The second-order valence-corrected chi connectivity index (χ2v) is 6.89. The fourth-order valence-electron chi connectivity index (χ4n) is 1.76. The highest BCUT2D eigenvalue weighted by atomic mass is 16.6. The first-order valence-corrected chi connectivity index (χ1v) is 9.50. The Kier molecular flexibility index (Phi) is 14.6. The van der Waals surface area contributed by atoms with Gasteiger partial charge in [0.15, 0.2) is 23.1 Å². The molecule has 1 heterocycles. The lowest BCUT2D eigenvalue weighted by Gasteiger charge is -1.87. The van der Waals surface area contributed by atoms with Gasteiger partial charge in [-0.2, -0.15) is 0 Å². The number of carbonyl (C=O) groups excluding carboxylic acids is 6. The van der Waals surface area contributed by atoms with Crippen LogP contribution in [0, 0.1) is 0 Å². The molecule has 0 bridgehead atoms. The van der Waals surface area contributed by atoms with Crippen molar-refractivity contribution in [3.05, 3.63) is 46.6 Å². The largest absolute Gasteiger partial charge is 0.478 e. The summed E-state index contributed by atoms with van der Waals surface area (Å²) in [7, 11) is 0. The van der Waals surface area contributed by atoms with Gasteiger partial charge in [0.1, 0.15) is 0 Å². The van der Waals surface area contributed by atoms with Gasteiger partial charge in [0.2, 0.25) is 0 Å². The lowest BCUT2D eigenvalue weighted by molar-refractivity contribution is -0.150. The van der Waals surface area contributed by atoms with Gasteiger partial charge >= 0.3 is 23.9 Å². The zero-order chi connectivity index (χ0) is 27.2. The molecule has 11 nitrogen and oxygen atoms in total.